The van der Waals surface area contributed by atoms with Crippen LogP contribution >= 0.6 is 12.4 Å². The predicted molar refractivity (Wildman–Crippen MR) is 62.0 cm³/mol. The van der Waals surface area contributed by atoms with E-state index in [0.717, 1.165) is 13.1 Å². The van der Waals surface area contributed by atoms with E-state index in [4.69, 9.17) is 4.74 Å². The van der Waals surface area contributed by atoms with Crippen molar-refractivity contribution >= 4 is 24.1 Å². The number of carbonyl (C=O) groups is 1. The van der Waals surface area contributed by atoms with E-state index in [0.29, 0.717) is 11.7 Å². The van der Waals surface area contributed by atoms with E-state index in [1.54, 1.807) is 24.9 Å². The molecule has 7 heteroatoms. The van der Waals surface area contributed by atoms with Gasteiger partial charge < -0.3 is 15.4 Å². The van der Waals surface area contributed by atoms with Crippen molar-refractivity contribution in [2.45, 2.75) is 0 Å². The fraction of sp³-hybridized carbons (Fsp3) is 0.556. The lowest BCUT2D eigenvalue weighted by molar-refractivity contribution is -0.121. The van der Waals surface area contributed by atoms with Gasteiger partial charge in [-0.3, -0.25) is 4.79 Å². The van der Waals surface area contributed by atoms with Crippen molar-refractivity contribution in [3.05, 3.63) is 6.07 Å². The molecule has 90 valence electrons. The Kier molecular flexibility index (Phi) is 4.14. The molecule has 6 nitrogen and oxygen atoms in total. The second-order valence-corrected chi connectivity index (χ2v) is 3.54. The number of halogens is 1. The van der Waals surface area contributed by atoms with Crippen molar-refractivity contribution in [1.82, 2.24) is 15.1 Å². The number of methoxy groups -OCH3 is 1. The van der Waals surface area contributed by atoms with E-state index in [-0.39, 0.29) is 24.2 Å². The molecule has 0 atom stereocenters. The number of aromatic nitrogens is 2. The van der Waals surface area contributed by atoms with Gasteiger partial charge in [-0.2, -0.15) is 5.10 Å². The Hall–Kier alpha value is -1.27. The number of aryl methyl sites for hydroxylation is 1. The van der Waals surface area contributed by atoms with E-state index in [2.05, 4.69) is 15.7 Å². The van der Waals surface area contributed by atoms with Gasteiger partial charge in [0, 0.05) is 26.2 Å². The first-order valence-electron chi connectivity index (χ1n) is 4.80. The molecule has 0 bridgehead atoms. The Morgan fingerprint density at radius 3 is 2.81 bits per heavy atom. The second-order valence-electron chi connectivity index (χ2n) is 3.54. The first-order chi connectivity index (χ1) is 7.20. The third-order valence-electron chi connectivity index (χ3n) is 2.45. The van der Waals surface area contributed by atoms with E-state index in [1.807, 2.05) is 0 Å². The van der Waals surface area contributed by atoms with E-state index in [1.165, 1.54) is 0 Å². The lowest BCUT2D eigenvalue weighted by Gasteiger charge is -2.25. The quantitative estimate of drug-likeness (QED) is 0.788. The Bertz CT molecular complexity index is 376. The molecular formula is C9H15ClN4O2. The summed E-state index contributed by atoms with van der Waals surface area (Å²) in [4.78, 5) is 11.6. The molecule has 1 aromatic rings. The zero-order chi connectivity index (χ0) is 10.8. The summed E-state index contributed by atoms with van der Waals surface area (Å²) < 4.78 is 6.62. The molecule has 0 unspecified atom stereocenters. The number of nitrogens with one attached hydrogen (secondary N) is 2. The highest BCUT2D eigenvalue weighted by Gasteiger charge is 2.25. The molecule has 0 spiro atoms. The lowest BCUT2D eigenvalue weighted by atomic mass is 10.0. The largest absolute Gasteiger partial charge is 0.481 e. The molecule has 16 heavy (non-hydrogen) atoms. The van der Waals surface area contributed by atoms with Gasteiger partial charge in [0.05, 0.1) is 13.0 Å². The fourth-order valence-corrected chi connectivity index (χ4v) is 1.40. The molecule has 1 aromatic heterocycles. The van der Waals surface area contributed by atoms with Crippen LogP contribution in [-0.2, 0) is 11.8 Å². The van der Waals surface area contributed by atoms with Gasteiger partial charge in [-0.15, -0.1) is 12.4 Å². The molecule has 0 saturated carbocycles. The summed E-state index contributed by atoms with van der Waals surface area (Å²) in [6, 6.07) is 1.70. The van der Waals surface area contributed by atoms with Crippen LogP contribution in [-0.4, -0.2) is 35.9 Å². The van der Waals surface area contributed by atoms with Crippen molar-refractivity contribution in [1.29, 1.82) is 0 Å². The van der Waals surface area contributed by atoms with Gasteiger partial charge in [-0.25, -0.2) is 4.68 Å². The van der Waals surface area contributed by atoms with Crippen LogP contribution in [0.25, 0.3) is 0 Å². The van der Waals surface area contributed by atoms with Crippen LogP contribution in [0.1, 0.15) is 0 Å². The van der Waals surface area contributed by atoms with Crippen molar-refractivity contribution in [2.75, 3.05) is 25.5 Å². The summed E-state index contributed by atoms with van der Waals surface area (Å²) in [5.41, 5.74) is 0. The summed E-state index contributed by atoms with van der Waals surface area (Å²) in [5, 5.41) is 9.89. The number of hydrogen-bond donors (Lipinski definition) is 2. The summed E-state index contributed by atoms with van der Waals surface area (Å²) >= 11 is 0. The first-order valence-corrected chi connectivity index (χ1v) is 4.80. The molecule has 1 fully saturated rings. The molecule has 2 N–H and O–H groups in total. The molecule has 0 radical (unpaired) electrons. The number of carbonyl (C=O) groups excluding carboxylic acids is 1. The van der Waals surface area contributed by atoms with Crippen molar-refractivity contribution in [2.24, 2.45) is 13.0 Å². The number of anilines is 1. The highest BCUT2D eigenvalue weighted by atomic mass is 35.5. The van der Waals surface area contributed by atoms with E-state index < -0.39 is 0 Å². The van der Waals surface area contributed by atoms with Crippen molar-refractivity contribution in [3.63, 3.8) is 0 Å². The van der Waals surface area contributed by atoms with Crippen LogP contribution < -0.4 is 15.4 Å². The van der Waals surface area contributed by atoms with Gasteiger partial charge in [0.2, 0.25) is 11.8 Å². The summed E-state index contributed by atoms with van der Waals surface area (Å²) in [5.74, 6) is 1.23. The minimum atomic E-state index is 0. The van der Waals surface area contributed by atoms with Crippen LogP contribution in [0.5, 0.6) is 5.88 Å². The summed E-state index contributed by atoms with van der Waals surface area (Å²) in [7, 11) is 3.33. The van der Waals surface area contributed by atoms with E-state index >= 15 is 0 Å². The average Bonchev–Trinajstić information content (AvgIpc) is 2.42. The molecule has 1 aliphatic heterocycles. The maximum atomic E-state index is 11.6. The summed E-state index contributed by atoms with van der Waals surface area (Å²) in [6.07, 6.45) is 0. The third-order valence-corrected chi connectivity index (χ3v) is 2.45. The highest BCUT2D eigenvalue weighted by molar-refractivity contribution is 5.92. The normalized spacial score (nSPS) is 14.9. The number of hydrogen-bond acceptors (Lipinski definition) is 4. The highest BCUT2D eigenvalue weighted by Crippen LogP contribution is 2.16. The van der Waals surface area contributed by atoms with Gasteiger partial charge >= 0.3 is 0 Å². The Morgan fingerprint density at radius 2 is 2.38 bits per heavy atom. The van der Waals surface area contributed by atoms with Crippen LogP contribution in [0, 0.1) is 5.92 Å². The van der Waals surface area contributed by atoms with Crippen LogP contribution in [0.4, 0.5) is 5.82 Å². The molecule has 1 saturated heterocycles. The number of ether oxygens (including phenoxy) is 1. The fourth-order valence-electron chi connectivity index (χ4n) is 1.40. The topological polar surface area (TPSA) is 68.2 Å². The molecule has 1 aliphatic rings. The monoisotopic (exact) mass is 246 g/mol. The predicted octanol–water partition coefficient (Wildman–Crippen LogP) is 0.00840. The maximum Gasteiger partial charge on any atom is 0.231 e. The number of nitrogens with zero attached hydrogens (tertiary/aromatic N) is 2. The third kappa shape index (κ3) is 2.45. The van der Waals surface area contributed by atoms with Gasteiger partial charge in [-0.1, -0.05) is 0 Å². The van der Waals surface area contributed by atoms with E-state index in [9.17, 15) is 4.79 Å². The Morgan fingerprint density at radius 1 is 1.69 bits per heavy atom. The zero-order valence-electron chi connectivity index (χ0n) is 9.19. The maximum absolute atomic E-state index is 11.6. The number of amides is 1. The zero-order valence-corrected chi connectivity index (χ0v) is 10.0. The SMILES string of the molecule is COc1cc(NC(=O)C2CNC2)nn1C.Cl. The molecule has 2 rings (SSSR count). The molecule has 2 heterocycles. The van der Waals surface area contributed by atoms with Crippen molar-refractivity contribution in [3.8, 4) is 5.88 Å². The molecule has 0 aromatic carbocycles. The average molecular weight is 247 g/mol. The molecular weight excluding hydrogens is 232 g/mol. The van der Waals surface area contributed by atoms with Gasteiger partial charge in [0.15, 0.2) is 5.82 Å². The summed E-state index contributed by atoms with van der Waals surface area (Å²) in [6.45, 7) is 1.49. The van der Waals surface area contributed by atoms with Gasteiger partial charge in [0.25, 0.3) is 0 Å². The van der Waals surface area contributed by atoms with Crippen molar-refractivity contribution < 1.29 is 9.53 Å². The minimum absolute atomic E-state index is 0. The van der Waals surface area contributed by atoms with Gasteiger partial charge in [-0.05, 0) is 0 Å². The number of rotatable bonds is 3. The minimum Gasteiger partial charge on any atom is -0.481 e. The molecule has 1 amide bonds. The lowest BCUT2D eigenvalue weighted by Crippen LogP contribution is -2.48. The van der Waals surface area contributed by atoms with Crippen LogP contribution in [0.3, 0.4) is 0 Å². The van der Waals surface area contributed by atoms with Gasteiger partial charge in [0.1, 0.15) is 0 Å². The van der Waals surface area contributed by atoms with Crippen LogP contribution in [0.15, 0.2) is 6.07 Å². The van der Waals surface area contributed by atoms with Crippen LogP contribution in [0.2, 0.25) is 0 Å². The smallest absolute Gasteiger partial charge is 0.231 e. The molecule has 0 aliphatic carbocycles. The Labute approximate surface area is 99.8 Å². The second kappa shape index (κ2) is 5.18. The Balaban J connectivity index is 0.00000128. The standard InChI is InChI=1S/C9H14N4O2.ClH/c1-13-8(15-2)3-7(12-13)11-9(14)6-4-10-5-6;/h3,6,10H,4-5H2,1-2H3,(H,11,12,14);1H. The first kappa shape index (κ1) is 12.8.